The lowest BCUT2D eigenvalue weighted by Gasteiger charge is -2.04. The number of ketones is 1. The second kappa shape index (κ2) is 6.20. The summed E-state index contributed by atoms with van der Waals surface area (Å²) in [6, 6.07) is 6.62. The largest absolute Gasteiger partial charge is 0.325 e. The molecule has 0 aliphatic heterocycles. The molecule has 1 amide bonds. The molecule has 0 radical (unpaired) electrons. The van der Waals surface area contributed by atoms with Gasteiger partial charge in [0.2, 0.25) is 5.91 Å². The first-order valence-electron chi connectivity index (χ1n) is 5.03. The molecule has 1 N–H and O–H groups in total. The van der Waals surface area contributed by atoms with Crippen LogP contribution in [0.3, 0.4) is 0 Å². The maximum absolute atomic E-state index is 11.4. The highest BCUT2D eigenvalue weighted by Crippen LogP contribution is 2.11. The third-order valence-electron chi connectivity index (χ3n) is 1.98. The standard InChI is InChI=1S/C12H13NO3S/c1-8(14)10-3-5-11(6-4-10)13-12(16)7-17-9(2)15/h3-6H,7H2,1-2H3,(H,13,16). The molecule has 0 aliphatic carbocycles. The average Bonchev–Trinajstić information content (AvgIpc) is 2.27. The summed E-state index contributed by atoms with van der Waals surface area (Å²) in [5, 5.41) is 2.55. The second-order valence-electron chi connectivity index (χ2n) is 3.46. The molecular formula is C12H13NO3S. The second-order valence-corrected chi connectivity index (χ2v) is 4.61. The van der Waals surface area contributed by atoms with Crippen LogP contribution < -0.4 is 5.32 Å². The van der Waals surface area contributed by atoms with Crippen molar-refractivity contribution in [1.29, 1.82) is 0 Å². The van der Waals surface area contributed by atoms with Gasteiger partial charge in [0, 0.05) is 18.2 Å². The highest BCUT2D eigenvalue weighted by Gasteiger charge is 2.05. The lowest BCUT2D eigenvalue weighted by Crippen LogP contribution is -2.14. The Bertz CT molecular complexity index is 440. The summed E-state index contributed by atoms with van der Waals surface area (Å²) >= 11 is 0.962. The van der Waals surface area contributed by atoms with Crippen LogP contribution in [0.25, 0.3) is 0 Å². The number of rotatable bonds is 4. The van der Waals surface area contributed by atoms with Crippen molar-refractivity contribution in [2.24, 2.45) is 0 Å². The van der Waals surface area contributed by atoms with Crippen LogP contribution in [-0.2, 0) is 9.59 Å². The highest BCUT2D eigenvalue weighted by atomic mass is 32.2. The van der Waals surface area contributed by atoms with Crippen molar-refractivity contribution < 1.29 is 14.4 Å². The van der Waals surface area contributed by atoms with E-state index in [4.69, 9.17) is 0 Å². The van der Waals surface area contributed by atoms with Gasteiger partial charge in [0.1, 0.15) is 0 Å². The zero-order valence-electron chi connectivity index (χ0n) is 9.65. The number of hydrogen-bond donors (Lipinski definition) is 1. The smallest absolute Gasteiger partial charge is 0.234 e. The quantitative estimate of drug-likeness (QED) is 0.832. The molecule has 0 heterocycles. The Labute approximate surface area is 104 Å². The van der Waals surface area contributed by atoms with Gasteiger partial charge in [0.25, 0.3) is 0 Å². The summed E-state index contributed by atoms with van der Waals surface area (Å²) in [5.74, 6) is -0.153. The van der Waals surface area contributed by atoms with Gasteiger partial charge in [-0.1, -0.05) is 11.8 Å². The molecular weight excluding hydrogens is 238 g/mol. The first kappa shape index (κ1) is 13.4. The summed E-state index contributed by atoms with van der Waals surface area (Å²) < 4.78 is 0. The molecule has 0 spiro atoms. The van der Waals surface area contributed by atoms with E-state index >= 15 is 0 Å². The number of hydrogen-bond acceptors (Lipinski definition) is 4. The molecule has 17 heavy (non-hydrogen) atoms. The Morgan fingerprint density at radius 3 is 2.18 bits per heavy atom. The van der Waals surface area contributed by atoms with Crippen molar-refractivity contribution in [3.8, 4) is 0 Å². The van der Waals surface area contributed by atoms with Crippen LogP contribution in [0.1, 0.15) is 24.2 Å². The molecule has 4 nitrogen and oxygen atoms in total. The van der Waals surface area contributed by atoms with E-state index in [0.29, 0.717) is 11.3 Å². The Balaban J connectivity index is 2.54. The van der Waals surface area contributed by atoms with Gasteiger partial charge in [0.05, 0.1) is 5.75 Å². The molecule has 0 saturated carbocycles. The van der Waals surface area contributed by atoms with Crippen molar-refractivity contribution in [3.63, 3.8) is 0 Å². The molecule has 5 heteroatoms. The molecule has 90 valence electrons. The minimum absolute atomic E-state index is 0.0185. The van der Waals surface area contributed by atoms with Crippen molar-refractivity contribution in [2.75, 3.05) is 11.1 Å². The van der Waals surface area contributed by atoms with Crippen LogP contribution >= 0.6 is 11.8 Å². The van der Waals surface area contributed by atoms with Crippen molar-refractivity contribution in [1.82, 2.24) is 0 Å². The summed E-state index contributed by atoms with van der Waals surface area (Å²) in [6.45, 7) is 2.90. The number of anilines is 1. The average molecular weight is 251 g/mol. The van der Waals surface area contributed by atoms with E-state index in [2.05, 4.69) is 5.32 Å². The number of carbonyl (C=O) groups is 3. The van der Waals surface area contributed by atoms with Crippen molar-refractivity contribution >= 4 is 34.3 Å². The Morgan fingerprint density at radius 2 is 1.71 bits per heavy atom. The van der Waals surface area contributed by atoms with Crippen LogP contribution in [0.2, 0.25) is 0 Å². The number of thioether (sulfide) groups is 1. The van der Waals surface area contributed by atoms with E-state index in [0.717, 1.165) is 11.8 Å². The maximum Gasteiger partial charge on any atom is 0.234 e. The molecule has 0 aromatic heterocycles. The van der Waals surface area contributed by atoms with Gasteiger partial charge in [-0.05, 0) is 31.2 Å². The number of benzene rings is 1. The van der Waals surface area contributed by atoms with Crippen LogP contribution in [0.15, 0.2) is 24.3 Å². The van der Waals surface area contributed by atoms with Crippen LogP contribution in [-0.4, -0.2) is 22.6 Å². The zero-order valence-corrected chi connectivity index (χ0v) is 10.5. The van der Waals surface area contributed by atoms with E-state index in [1.807, 2.05) is 0 Å². The minimum Gasteiger partial charge on any atom is -0.325 e. The molecule has 1 aromatic carbocycles. The lowest BCUT2D eigenvalue weighted by molar-refractivity contribution is -0.114. The van der Waals surface area contributed by atoms with Crippen molar-refractivity contribution in [3.05, 3.63) is 29.8 Å². The number of amides is 1. The van der Waals surface area contributed by atoms with E-state index in [9.17, 15) is 14.4 Å². The normalized spacial score (nSPS) is 9.76. The fraction of sp³-hybridized carbons (Fsp3) is 0.250. The summed E-state index contributed by atoms with van der Waals surface area (Å²) in [7, 11) is 0. The van der Waals surface area contributed by atoms with Crippen LogP contribution in [0, 0.1) is 0 Å². The number of carbonyl (C=O) groups excluding carboxylic acids is 3. The van der Waals surface area contributed by atoms with Gasteiger partial charge in [-0.2, -0.15) is 0 Å². The predicted octanol–water partition coefficient (Wildman–Crippen LogP) is 2.11. The van der Waals surface area contributed by atoms with Crippen LogP contribution in [0.5, 0.6) is 0 Å². The van der Waals surface area contributed by atoms with Crippen molar-refractivity contribution in [2.45, 2.75) is 13.8 Å². The monoisotopic (exact) mass is 251 g/mol. The molecule has 1 rings (SSSR count). The predicted molar refractivity (Wildman–Crippen MR) is 68.2 cm³/mol. The molecule has 0 bridgehead atoms. The summed E-state index contributed by atoms with van der Waals surface area (Å²) in [6.07, 6.45) is 0. The van der Waals surface area contributed by atoms with Gasteiger partial charge in [0.15, 0.2) is 10.9 Å². The fourth-order valence-corrected chi connectivity index (χ4v) is 1.56. The molecule has 0 atom stereocenters. The third-order valence-corrected chi connectivity index (χ3v) is 2.79. The first-order chi connectivity index (χ1) is 7.99. The zero-order chi connectivity index (χ0) is 12.8. The lowest BCUT2D eigenvalue weighted by atomic mass is 10.1. The summed E-state index contributed by atoms with van der Waals surface area (Å²) in [5.41, 5.74) is 1.21. The summed E-state index contributed by atoms with van der Waals surface area (Å²) in [4.78, 5) is 33.1. The van der Waals surface area contributed by atoms with E-state index in [1.54, 1.807) is 24.3 Å². The minimum atomic E-state index is -0.235. The number of nitrogens with one attached hydrogen (secondary N) is 1. The number of Topliss-reactive ketones (excluding diaryl/α,β-unsaturated/α-hetero) is 1. The Morgan fingerprint density at radius 1 is 1.12 bits per heavy atom. The molecule has 1 aromatic rings. The molecule has 0 fully saturated rings. The SMILES string of the molecule is CC(=O)SCC(=O)Nc1ccc(C(C)=O)cc1. The van der Waals surface area contributed by atoms with Gasteiger partial charge < -0.3 is 5.32 Å². The van der Waals surface area contributed by atoms with Gasteiger partial charge in [-0.15, -0.1) is 0 Å². The topological polar surface area (TPSA) is 63.2 Å². The third kappa shape index (κ3) is 4.82. The van der Waals surface area contributed by atoms with E-state index in [1.165, 1.54) is 13.8 Å². The van der Waals surface area contributed by atoms with Gasteiger partial charge >= 0.3 is 0 Å². The van der Waals surface area contributed by atoms with E-state index in [-0.39, 0.29) is 22.6 Å². The van der Waals surface area contributed by atoms with E-state index < -0.39 is 0 Å². The van der Waals surface area contributed by atoms with Gasteiger partial charge in [-0.3, -0.25) is 14.4 Å². The van der Waals surface area contributed by atoms with Gasteiger partial charge in [-0.25, -0.2) is 0 Å². The first-order valence-corrected chi connectivity index (χ1v) is 6.02. The maximum atomic E-state index is 11.4. The Hall–Kier alpha value is -1.62. The molecule has 0 saturated heterocycles. The molecule has 0 aliphatic rings. The van der Waals surface area contributed by atoms with Crippen LogP contribution in [0.4, 0.5) is 5.69 Å². The Kier molecular flexibility index (Phi) is 4.90. The molecule has 0 unspecified atom stereocenters. The fourth-order valence-electron chi connectivity index (χ4n) is 1.15. The highest BCUT2D eigenvalue weighted by molar-refractivity contribution is 8.14.